The number of aromatic nitrogens is 1. The normalized spacial score (nSPS) is 11.1. The summed E-state index contributed by atoms with van der Waals surface area (Å²) in [5.74, 6) is 0.184. The zero-order valence-corrected chi connectivity index (χ0v) is 15.7. The van der Waals surface area contributed by atoms with E-state index in [1.54, 1.807) is 12.0 Å². The maximum absolute atomic E-state index is 13.2. The van der Waals surface area contributed by atoms with Crippen LogP contribution in [0.2, 0.25) is 0 Å². The third-order valence-corrected chi connectivity index (χ3v) is 4.96. The first kappa shape index (κ1) is 18.3. The smallest absolute Gasteiger partial charge is 0.260 e. The number of likely N-dealkylation sites (N-methyl/N-ethyl adjacent to an activating group) is 1. The lowest BCUT2D eigenvalue weighted by Crippen LogP contribution is -2.36. The molecular weight excluding hydrogens is 353 g/mol. The predicted octanol–water partition coefficient (Wildman–Crippen LogP) is 3.65. The van der Waals surface area contributed by atoms with Crippen LogP contribution in [-0.2, 0) is 0 Å². The molecule has 0 atom stereocenters. The standard InChI is InChI=1S/C19H20FN3O2S/c1-22(2)10-11-23(18(24)13-4-6-14(20)7-5-13)19-21-16-9-8-15(25-3)12-17(16)26-19/h4-9,12H,10-11H2,1-3H3. The van der Waals surface area contributed by atoms with E-state index < -0.39 is 0 Å². The Bertz CT molecular complexity index is 909. The van der Waals surface area contributed by atoms with Crippen molar-refractivity contribution in [1.29, 1.82) is 0 Å². The summed E-state index contributed by atoms with van der Waals surface area (Å²) in [5.41, 5.74) is 1.24. The minimum absolute atomic E-state index is 0.196. The van der Waals surface area contributed by atoms with Gasteiger partial charge in [0.1, 0.15) is 11.6 Å². The average molecular weight is 373 g/mol. The van der Waals surface area contributed by atoms with E-state index in [1.165, 1.54) is 35.6 Å². The van der Waals surface area contributed by atoms with Crippen molar-refractivity contribution in [2.75, 3.05) is 39.2 Å². The van der Waals surface area contributed by atoms with Crippen LogP contribution < -0.4 is 9.64 Å². The van der Waals surface area contributed by atoms with Crippen molar-refractivity contribution in [3.8, 4) is 5.75 Å². The molecule has 5 nitrogen and oxygen atoms in total. The summed E-state index contributed by atoms with van der Waals surface area (Å²) in [5, 5.41) is 0.615. The van der Waals surface area contributed by atoms with Crippen molar-refractivity contribution in [2.45, 2.75) is 0 Å². The van der Waals surface area contributed by atoms with Gasteiger partial charge in [0.15, 0.2) is 5.13 Å². The van der Waals surface area contributed by atoms with Crippen molar-refractivity contribution in [2.24, 2.45) is 0 Å². The molecule has 3 rings (SSSR count). The molecule has 1 aromatic heterocycles. The van der Waals surface area contributed by atoms with Crippen LogP contribution in [0, 0.1) is 5.82 Å². The molecule has 0 aliphatic carbocycles. The summed E-state index contributed by atoms with van der Waals surface area (Å²) in [6.45, 7) is 1.17. The van der Waals surface area contributed by atoms with Gasteiger partial charge in [-0.3, -0.25) is 9.69 Å². The fourth-order valence-corrected chi connectivity index (χ4v) is 3.49. The molecular formula is C19H20FN3O2S. The second-order valence-electron chi connectivity index (χ2n) is 6.10. The molecule has 3 aromatic rings. The van der Waals surface area contributed by atoms with Gasteiger partial charge in [-0.15, -0.1) is 0 Å². The molecule has 7 heteroatoms. The first-order valence-corrected chi connectivity index (χ1v) is 8.96. The Hall–Kier alpha value is -2.51. The molecule has 0 N–H and O–H groups in total. The van der Waals surface area contributed by atoms with Gasteiger partial charge in [0.05, 0.1) is 17.3 Å². The Morgan fingerprint density at radius 2 is 1.88 bits per heavy atom. The number of nitrogens with zero attached hydrogens (tertiary/aromatic N) is 3. The van der Waals surface area contributed by atoms with Gasteiger partial charge in [0, 0.05) is 18.7 Å². The summed E-state index contributed by atoms with van der Waals surface area (Å²) in [7, 11) is 5.51. The highest BCUT2D eigenvalue weighted by molar-refractivity contribution is 7.22. The van der Waals surface area contributed by atoms with E-state index in [0.29, 0.717) is 23.8 Å². The number of hydrogen-bond acceptors (Lipinski definition) is 5. The van der Waals surface area contributed by atoms with Crippen LogP contribution in [0.15, 0.2) is 42.5 Å². The molecule has 0 unspecified atom stereocenters. The molecule has 0 bridgehead atoms. The maximum Gasteiger partial charge on any atom is 0.260 e. The molecule has 0 fully saturated rings. The number of amides is 1. The predicted molar refractivity (Wildman–Crippen MR) is 103 cm³/mol. The minimum atomic E-state index is -0.367. The van der Waals surface area contributed by atoms with E-state index in [1.807, 2.05) is 37.2 Å². The zero-order chi connectivity index (χ0) is 18.7. The number of fused-ring (bicyclic) bond motifs is 1. The summed E-state index contributed by atoms with van der Waals surface area (Å²) >= 11 is 1.43. The fourth-order valence-electron chi connectivity index (χ4n) is 2.47. The van der Waals surface area contributed by atoms with Crippen molar-refractivity contribution in [3.05, 3.63) is 53.8 Å². The fraction of sp³-hybridized carbons (Fsp3) is 0.263. The quantitative estimate of drug-likeness (QED) is 0.662. The number of ether oxygens (including phenoxy) is 1. The summed E-state index contributed by atoms with van der Waals surface area (Å²) in [6, 6.07) is 11.2. The SMILES string of the molecule is COc1ccc2nc(N(CCN(C)C)C(=O)c3ccc(F)cc3)sc2c1. The molecule has 26 heavy (non-hydrogen) atoms. The third-order valence-electron chi connectivity index (χ3n) is 3.92. The molecule has 0 saturated heterocycles. The van der Waals surface area contributed by atoms with Crippen LogP contribution >= 0.6 is 11.3 Å². The largest absolute Gasteiger partial charge is 0.497 e. The minimum Gasteiger partial charge on any atom is -0.497 e. The lowest BCUT2D eigenvalue weighted by molar-refractivity contribution is 0.0985. The van der Waals surface area contributed by atoms with Crippen LogP contribution in [-0.4, -0.2) is 50.1 Å². The average Bonchev–Trinajstić information content (AvgIpc) is 3.04. The number of methoxy groups -OCH3 is 1. The molecule has 1 amide bonds. The van der Waals surface area contributed by atoms with Crippen LogP contribution in [0.1, 0.15) is 10.4 Å². The van der Waals surface area contributed by atoms with E-state index in [0.717, 1.165) is 16.0 Å². The molecule has 0 spiro atoms. The molecule has 2 aromatic carbocycles. The first-order chi connectivity index (χ1) is 12.5. The molecule has 0 aliphatic heterocycles. The van der Waals surface area contributed by atoms with E-state index in [-0.39, 0.29) is 11.7 Å². The lowest BCUT2D eigenvalue weighted by Gasteiger charge is -2.22. The van der Waals surface area contributed by atoms with Crippen LogP contribution in [0.3, 0.4) is 0 Å². The van der Waals surface area contributed by atoms with Gasteiger partial charge < -0.3 is 9.64 Å². The zero-order valence-electron chi connectivity index (χ0n) is 14.9. The Morgan fingerprint density at radius 3 is 2.54 bits per heavy atom. The Balaban J connectivity index is 1.97. The highest BCUT2D eigenvalue weighted by Gasteiger charge is 2.21. The van der Waals surface area contributed by atoms with E-state index in [4.69, 9.17) is 4.74 Å². The van der Waals surface area contributed by atoms with E-state index in [9.17, 15) is 9.18 Å². The van der Waals surface area contributed by atoms with Crippen molar-refractivity contribution in [3.63, 3.8) is 0 Å². The highest BCUT2D eigenvalue weighted by Crippen LogP contribution is 2.32. The summed E-state index contributed by atoms with van der Waals surface area (Å²) in [4.78, 5) is 21.2. The van der Waals surface area contributed by atoms with E-state index in [2.05, 4.69) is 4.98 Å². The monoisotopic (exact) mass is 373 g/mol. The van der Waals surface area contributed by atoms with Gasteiger partial charge in [0.2, 0.25) is 0 Å². The maximum atomic E-state index is 13.2. The van der Waals surface area contributed by atoms with Crippen LogP contribution in [0.5, 0.6) is 5.75 Å². The van der Waals surface area contributed by atoms with Gasteiger partial charge in [-0.2, -0.15) is 0 Å². The lowest BCUT2D eigenvalue weighted by atomic mass is 10.2. The second-order valence-corrected chi connectivity index (χ2v) is 7.11. The number of anilines is 1. The van der Waals surface area contributed by atoms with Crippen LogP contribution in [0.4, 0.5) is 9.52 Å². The van der Waals surface area contributed by atoms with Gasteiger partial charge in [0.25, 0.3) is 5.91 Å². The van der Waals surface area contributed by atoms with Crippen molar-refractivity contribution < 1.29 is 13.9 Å². The van der Waals surface area contributed by atoms with Crippen molar-refractivity contribution >= 4 is 32.6 Å². The van der Waals surface area contributed by atoms with Gasteiger partial charge in [-0.25, -0.2) is 9.37 Å². The molecule has 0 saturated carbocycles. The Labute approximate surface area is 155 Å². The van der Waals surface area contributed by atoms with Gasteiger partial charge in [-0.1, -0.05) is 11.3 Å². The summed E-state index contributed by atoms with van der Waals surface area (Å²) < 4.78 is 19.4. The number of hydrogen-bond donors (Lipinski definition) is 0. The number of benzene rings is 2. The number of thiazole rings is 1. The number of halogens is 1. The van der Waals surface area contributed by atoms with Crippen molar-refractivity contribution in [1.82, 2.24) is 9.88 Å². The van der Waals surface area contributed by atoms with Gasteiger partial charge in [-0.05, 0) is 56.6 Å². The number of carbonyl (C=O) groups excluding carboxylic acids is 1. The molecule has 1 heterocycles. The third kappa shape index (κ3) is 4.00. The summed E-state index contributed by atoms with van der Waals surface area (Å²) in [6.07, 6.45) is 0. The number of carbonyl (C=O) groups is 1. The second kappa shape index (κ2) is 7.80. The highest BCUT2D eigenvalue weighted by atomic mass is 32.1. The Kier molecular flexibility index (Phi) is 5.49. The van der Waals surface area contributed by atoms with Crippen LogP contribution in [0.25, 0.3) is 10.2 Å². The number of rotatable bonds is 6. The first-order valence-electron chi connectivity index (χ1n) is 8.14. The topological polar surface area (TPSA) is 45.7 Å². The Morgan fingerprint density at radius 1 is 1.15 bits per heavy atom. The molecule has 0 radical (unpaired) electrons. The van der Waals surface area contributed by atoms with Gasteiger partial charge >= 0.3 is 0 Å². The van der Waals surface area contributed by atoms with E-state index >= 15 is 0 Å². The molecule has 136 valence electrons. The molecule has 0 aliphatic rings.